The smallest absolute Gasteiger partial charge is 0.224 e. The molecule has 0 atom stereocenters. The summed E-state index contributed by atoms with van der Waals surface area (Å²) in [4.78, 5) is 13.9. The summed E-state index contributed by atoms with van der Waals surface area (Å²) >= 11 is 0. The first-order valence-corrected chi connectivity index (χ1v) is 6.61. The van der Waals surface area contributed by atoms with Crippen molar-refractivity contribution in [1.29, 1.82) is 0 Å². The van der Waals surface area contributed by atoms with Gasteiger partial charge >= 0.3 is 0 Å². The Labute approximate surface area is 104 Å². The van der Waals surface area contributed by atoms with E-state index in [-0.39, 0.29) is 5.91 Å². The molecule has 1 fully saturated rings. The fourth-order valence-corrected chi connectivity index (χ4v) is 2.18. The zero-order chi connectivity index (χ0) is 12.7. The topological polar surface area (TPSA) is 55.6 Å². The average molecular weight is 242 g/mol. The Bertz CT molecular complexity index is 242. The molecule has 100 valence electrons. The van der Waals surface area contributed by atoms with E-state index in [1.807, 2.05) is 4.90 Å². The van der Waals surface area contributed by atoms with Crippen LogP contribution >= 0.6 is 0 Å². The van der Waals surface area contributed by atoms with Crippen molar-refractivity contribution in [3.05, 3.63) is 0 Å². The number of nitrogens with zero attached hydrogens (tertiary/aromatic N) is 1. The van der Waals surface area contributed by atoms with Gasteiger partial charge in [0.15, 0.2) is 0 Å². The lowest BCUT2D eigenvalue weighted by Crippen LogP contribution is -2.33. The molecule has 1 aliphatic rings. The summed E-state index contributed by atoms with van der Waals surface area (Å²) in [6.45, 7) is 7.92. The summed E-state index contributed by atoms with van der Waals surface area (Å²) in [6, 6.07) is 0. The molecule has 0 aromatic heterocycles. The second kappa shape index (κ2) is 6.97. The minimum atomic E-state index is 0.222. The first-order valence-electron chi connectivity index (χ1n) is 6.61. The Morgan fingerprint density at radius 2 is 2.06 bits per heavy atom. The molecule has 0 aliphatic carbocycles. The van der Waals surface area contributed by atoms with Gasteiger partial charge in [0.1, 0.15) is 0 Å². The van der Waals surface area contributed by atoms with Crippen LogP contribution in [-0.2, 0) is 9.53 Å². The number of hydrogen-bond acceptors (Lipinski definition) is 3. The number of likely N-dealkylation sites (tertiary alicyclic amines) is 1. The summed E-state index contributed by atoms with van der Waals surface area (Å²) < 4.78 is 5.24. The van der Waals surface area contributed by atoms with Gasteiger partial charge in [-0.1, -0.05) is 13.8 Å². The predicted octanol–water partition coefficient (Wildman–Crippen LogP) is 1.39. The van der Waals surface area contributed by atoms with Crippen LogP contribution in [0.25, 0.3) is 0 Å². The van der Waals surface area contributed by atoms with Crippen molar-refractivity contribution < 1.29 is 9.53 Å². The van der Waals surface area contributed by atoms with E-state index in [1.54, 1.807) is 0 Å². The predicted molar refractivity (Wildman–Crippen MR) is 68.7 cm³/mol. The van der Waals surface area contributed by atoms with E-state index < -0.39 is 0 Å². The summed E-state index contributed by atoms with van der Waals surface area (Å²) in [5, 5.41) is 0. The third kappa shape index (κ3) is 5.50. The fraction of sp³-hybridized carbons (Fsp3) is 0.923. The lowest BCUT2D eigenvalue weighted by molar-refractivity contribution is -0.132. The fourth-order valence-electron chi connectivity index (χ4n) is 2.18. The third-order valence-corrected chi connectivity index (χ3v) is 3.42. The van der Waals surface area contributed by atoms with E-state index in [2.05, 4.69) is 13.8 Å². The van der Waals surface area contributed by atoms with Gasteiger partial charge < -0.3 is 15.4 Å². The molecule has 0 saturated carbocycles. The van der Waals surface area contributed by atoms with E-state index in [0.29, 0.717) is 31.6 Å². The van der Waals surface area contributed by atoms with Crippen LogP contribution in [0.3, 0.4) is 0 Å². The maximum atomic E-state index is 11.9. The Morgan fingerprint density at radius 1 is 1.29 bits per heavy atom. The standard InChI is InChI=1S/C13H26N2O2/c1-13(2)5-3-8-15(9-6-13)12(16)4-10-17-11-7-14/h3-11,14H2,1-2H3. The van der Waals surface area contributed by atoms with E-state index in [9.17, 15) is 4.79 Å². The van der Waals surface area contributed by atoms with E-state index in [0.717, 1.165) is 25.9 Å². The third-order valence-electron chi connectivity index (χ3n) is 3.42. The number of nitrogens with two attached hydrogens (primary N) is 1. The zero-order valence-corrected chi connectivity index (χ0v) is 11.2. The van der Waals surface area contributed by atoms with Crippen molar-refractivity contribution in [2.75, 3.05) is 32.8 Å². The van der Waals surface area contributed by atoms with Crippen molar-refractivity contribution in [3.63, 3.8) is 0 Å². The summed E-state index contributed by atoms with van der Waals surface area (Å²) in [6.07, 6.45) is 3.91. The highest BCUT2D eigenvalue weighted by molar-refractivity contribution is 5.76. The highest BCUT2D eigenvalue weighted by Gasteiger charge is 2.24. The minimum Gasteiger partial charge on any atom is -0.380 e. The van der Waals surface area contributed by atoms with Gasteiger partial charge in [0.2, 0.25) is 5.91 Å². The van der Waals surface area contributed by atoms with Crippen molar-refractivity contribution in [1.82, 2.24) is 4.90 Å². The van der Waals surface area contributed by atoms with Crippen molar-refractivity contribution in [2.45, 2.75) is 39.5 Å². The molecule has 1 rings (SSSR count). The van der Waals surface area contributed by atoms with Gasteiger partial charge in [-0.05, 0) is 24.7 Å². The molecule has 0 aromatic carbocycles. The van der Waals surface area contributed by atoms with Crippen LogP contribution in [0.4, 0.5) is 0 Å². The highest BCUT2D eigenvalue weighted by atomic mass is 16.5. The van der Waals surface area contributed by atoms with Gasteiger partial charge in [-0.2, -0.15) is 0 Å². The number of hydrogen-bond donors (Lipinski definition) is 1. The average Bonchev–Trinajstić information content (AvgIpc) is 2.45. The first-order chi connectivity index (χ1) is 8.05. The zero-order valence-electron chi connectivity index (χ0n) is 11.2. The van der Waals surface area contributed by atoms with Gasteiger partial charge in [0, 0.05) is 19.6 Å². The van der Waals surface area contributed by atoms with Crippen LogP contribution in [0.2, 0.25) is 0 Å². The number of ether oxygens (including phenoxy) is 1. The van der Waals surface area contributed by atoms with Gasteiger partial charge in [-0.25, -0.2) is 0 Å². The van der Waals surface area contributed by atoms with Crippen LogP contribution in [-0.4, -0.2) is 43.7 Å². The quantitative estimate of drug-likeness (QED) is 0.741. The van der Waals surface area contributed by atoms with Crippen molar-refractivity contribution in [3.8, 4) is 0 Å². The molecule has 0 spiro atoms. The van der Waals surface area contributed by atoms with Crippen LogP contribution in [0.1, 0.15) is 39.5 Å². The highest BCUT2D eigenvalue weighted by Crippen LogP contribution is 2.29. The monoisotopic (exact) mass is 242 g/mol. The normalized spacial score (nSPS) is 20.1. The molecule has 0 radical (unpaired) electrons. The molecule has 4 nitrogen and oxygen atoms in total. The second-order valence-electron chi connectivity index (χ2n) is 5.55. The second-order valence-corrected chi connectivity index (χ2v) is 5.55. The van der Waals surface area contributed by atoms with Gasteiger partial charge in [-0.15, -0.1) is 0 Å². The summed E-state index contributed by atoms with van der Waals surface area (Å²) in [5.41, 5.74) is 5.70. The van der Waals surface area contributed by atoms with Crippen LogP contribution in [0.5, 0.6) is 0 Å². The van der Waals surface area contributed by atoms with Crippen molar-refractivity contribution in [2.24, 2.45) is 11.1 Å². The van der Waals surface area contributed by atoms with E-state index in [1.165, 1.54) is 6.42 Å². The number of amides is 1. The molecule has 1 saturated heterocycles. The van der Waals surface area contributed by atoms with Gasteiger partial charge in [0.25, 0.3) is 0 Å². The number of carbonyl (C=O) groups excluding carboxylic acids is 1. The molecule has 4 heteroatoms. The molecule has 1 aliphatic heterocycles. The Hall–Kier alpha value is -0.610. The summed E-state index contributed by atoms with van der Waals surface area (Å²) in [7, 11) is 0. The molecule has 0 aromatic rings. The molecule has 1 heterocycles. The van der Waals surface area contributed by atoms with Crippen molar-refractivity contribution >= 4 is 5.91 Å². The van der Waals surface area contributed by atoms with E-state index >= 15 is 0 Å². The Kier molecular flexibility index (Phi) is 5.92. The Morgan fingerprint density at radius 3 is 2.76 bits per heavy atom. The SMILES string of the molecule is CC1(C)CCCN(C(=O)CCOCCN)CC1. The lowest BCUT2D eigenvalue weighted by atomic mass is 9.85. The molecule has 2 N–H and O–H groups in total. The summed E-state index contributed by atoms with van der Waals surface area (Å²) in [5.74, 6) is 0.222. The maximum Gasteiger partial charge on any atom is 0.224 e. The van der Waals surface area contributed by atoms with Crippen LogP contribution in [0.15, 0.2) is 0 Å². The molecule has 0 unspecified atom stereocenters. The van der Waals surface area contributed by atoms with Crippen LogP contribution < -0.4 is 5.73 Å². The molecule has 17 heavy (non-hydrogen) atoms. The molecule has 1 amide bonds. The largest absolute Gasteiger partial charge is 0.380 e. The van der Waals surface area contributed by atoms with Gasteiger partial charge in [0.05, 0.1) is 19.6 Å². The number of carbonyl (C=O) groups is 1. The minimum absolute atomic E-state index is 0.222. The van der Waals surface area contributed by atoms with Gasteiger partial charge in [-0.3, -0.25) is 4.79 Å². The number of rotatable bonds is 5. The van der Waals surface area contributed by atoms with Crippen LogP contribution in [0, 0.1) is 5.41 Å². The molecule has 0 bridgehead atoms. The lowest BCUT2D eigenvalue weighted by Gasteiger charge is -2.23. The molecular weight excluding hydrogens is 216 g/mol. The maximum absolute atomic E-state index is 11.9. The first kappa shape index (κ1) is 14.5. The molecular formula is C13H26N2O2. The Balaban J connectivity index is 2.27. The van der Waals surface area contributed by atoms with E-state index in [4.69, 9.17) is 10.5 Å².